The Morgan fingerprint density at radius 3 is 2.51 bits per heavy atom. The highest BCUT2D eigenvalue weighted by Gasteiger charge is 2.40. The fourth-order valence-corrected chi connectivity index (χ4v) is 8.05. The van der Waals surface area contributed by atoms with Gasteiger partial charge in [0, 0.05) is 48.7 Å². The summed E-state index contributed by atoms with van der Waals surface area (Å²) in [6.45, 7) is 11.6. The van der Waals surface area contributed by atoms with Crippen LogP contribution in [-0.4, -0.2) is 88.7 Å². The lowest BCUT2D eigenvalue weighted by Gasteiger charge is -2.32. The van der Waals surface area contributed by atoms with Crippen LogP contribution < -0.4 is 15.4 Å². The Labute approximate surface area is 296 Å². The van der Waals surface area contributed by atoms with Crippen LogP contribution in [0.5, 0.6) is 6.01 Å². The molecule has 3 fully saturated rings. The zero-order chi connectivity index (χ0) is 37.4. The van der Waals surface area contributed by atoms with Crippen molar-refractivity contribution in [3.63, 3.8) is 0 Å². The highest BCUT2D eigenvalue weighted by Crippen LogP contribution is 2.46. The number of benzene rings is 2. The first-order chi connectivity index (χ1) is 24.2. The van der Waals surface area contributed by atoms with E-state index >= 15 is 4.39 Å². The summed E-state index contributed by atoms with van der Waals surface area (Å²) in [7, 11) is 2.85. The molecule has 3 aliphatic heterocycles. The Hall–Kier alpha value is -4.18. The van der Waals surface area contributed by atoms with Gasteiger partial charge in [0.15, 0.2) is 10.9 Å². The fourth-order valence-electron chi connectivity index (χ4n) is 7.28. The summed E-state index contributed by atoms with van der Waals surface area (Å²) in [5.74, 6) is -2.34. The molecule has 7 rings (SSSR count). The summed E-state index contributed by atoms with van der Waals surface area (Å²) < 4.78 is 92.0. The van der Waals surface area contributed by atoms with Crippen molar-refractivity contribution >= 4 is 49.3 Å². The largest absolute Gasteiger partial charge is 0.467 e. The Morgan fingerprint density at radius 2 is 1.86 bits per heavy atom. The molecule has 4 atom stereocenters. The van der Waals surface area contributed by atoms with Gasteiger partial charge in [-0.1, -0.05) is 31.8 Å². The molecular formula is C35H41F6N7O2S. The molecule has 16 heteroatoms. The Balaban J connectivity index is 0.000000390. The van der Waals surface area contributed by atoms with Crippen LogP contribution in [-0.2, 0) is 11.0 Å². The molecule has 3 unspecified atom stereocenters. The maximum atomic E-state index is 16.3. The number of hydrogen-bond acceptors (Lipinski definition) is 9. The molecule has 0 bridgehead atoms. The standard InChI is InChI=1S/C26H23F5N6O2S.C7H12FN.C2H6/c1-5-17(38)37-9-8-16(11(37)2)36(3)23-13-10-14(26(29,30)31)18(19(28)20(13)34-25(35-23)39-4)12-6-7-15(27)22-21(12)33-24(32)40-22;8-6-4-7-2-1-3-9(7)5-6;1-2/h5-7,10-11,16H,1,8-9H2,2-4H3,(H2,32,33);6-7H,1-5H2;1-2H3/t11-,16?;;/m1../s1. The fraction of sp³-hybridized carbons (Fsp3) is 0.486. The SMILES string of the molecule is C=CC(=O)N1CCC(N(C)c2nc(OC)nc3c(F)c(-c4ccc(F)c5sc(N)nc45)c(C(F)(F)F)cc23)[C@H]1C.CC.FC1CC2CCCN2C1. The molecule has 276 valence electrons. The summed E-state index contributed by atoms with van der Waals surface area (Å²) >= 11 is 0.742. The van der Waals surface area contributed by atoms with E-state index in [9.17, 15) is 26.7 Å². The second-order valence-corrected chi connectivity index (χ2v) is 13.5. The molecule has 0 aliphatic carbocycles. The maximum absolute atomic E-state index is 16.3. The topological polar surface area (TPSA) is 101 Å². The molecular weight excluding hydrogens is 696 g/mol. The van der Waals surface area contributed by atoms with Crippen LogP contribution in [0.3, 0.4) is 0 Å². The third-order valence-electron chi connectivity index (χ3n) is 9.62. The number of thiazole rings is 1. The van der Waals surface area contributed by atoms with Crippen molar-refractivity contribution in [1.82, 2.24) is 24.8 Å². The van der Waals surface area contributed by atoms with Crippen molar-refractivity contribution < 1.29 is 35.9 Å². The Bertz CT molecular complexity index is 1910. The van der Waals surface area contributed by atoms with E-state index in [-0.39, 0.29) is 56.1 Å². The Kier molecular flexibility index (Phi) is 11.3. The lowest BCUT2D eigenvalue weighted by molar-refractivity contribution is -0.137. The number of likely N-dealkylation sites (tertiary alicyclic amines) is 1. The van der Waals surface area contributed by atoms with E-state index in [0.717, 1.165) is 42.5 Å². The number of anilines is 2. The van der Waals surface area contributed by atoms with Crippen LogP contribution >= 0.6 is 11.3 Å². The molecule has 0 saturated carbocycles. The number of methoxy groups -OCH3 is 1. The van der Waals surface area contributed by atoms with Gasteiger partial charge in [-0.2, -0.15) is 23.1 Å². The van der Waals surface area contributed by atoms with Gasteiger partial charge >= 0.3 is 12.2 Å². The molecule has 9 nitrogen and oxygen atoms in total. The van der Waals surface area contributed by atoms with Crippen molar-refractivity contribution in [3.05, 3.63) is 48.1 Å². The van der Waals surface area contributed by atoms with E-state index < -0.39 is 40.6 Å². The molecule has 0 spiro atoms. The molecule has 1 amide bonds. The number of carbonyl (C=O) groups excluding carboxylic acids is 1. The lowest BCUT2D eigenvalue weighted by Crippen LogP contribution is -2.43. The van der Waals surface area contributed by atoms with Gasteiger partial charge < -0.3 is 20.3 Å². The number of aromatic nitrogens is 3. The molecule has 51 heavy (non-hydrogen) atoms. The van der Waals surface area contributed by atoms with Crippen molar-refractivity contribution in [2.45, 2.75) is 76.9 Å². The molecule has 5 heterocycles. The van der Waals surface area contributed by atoms with Gasteiger partial charge in [-0.05, 0) is 63.4 Å². The summed E-state index contributed by atoms with van der Waals surface area (Å²) in [5, 5.41) is -0.299. The van der Waals surface area contributed by atoms with Crippen LogP contribution in [0, 0.1) is 11.6 Å². The van der Waals surface area contributed by atoms with E-state index in [1.54, 1.807) is 23.8 Å². The number of nitrogens with zero attached hydrogens (tertiary/aromatic N) is 6. The van der Waals surface area contributed by atoms with Crippen LogP contribution in [0.2, 0.25) is 0 Å². The molecule has 4 aromatic rings. The van der Waals surface area contributed by atoms with E-state index in [4.69, 9.17) is 10.5 Å². The first kappa shape index (κ1) is 38.1. The normalized spacial score (nSPS) is 21.6. The van der Waals surface area contributed by atoms with Gasteiger partial charge in [-0.25, -0.2) is 18.2 Å². The van der Waals surface area contributed by atoms with Gasteiger partial charge in [-0.3, -0.25) is 9.69 Å². The first-order valence-corrected chi connectivity index (χ1v) is 17.6. The zero-order valence-electron chi connectivity index (χ0n) is 29.0. The highest BCUT2D eigenvalue weighted by atomic mass is 32.1. The molecule has 0 radical (unpaired) electrons. The number of likely N-dealkylation sites (N-methyl/N-ethyl adjacent to an activating group) is 1. The van der Waals surface area contributed by atoms with E-state index in [0.29, 0.717) is 25.6 Å². The third kappa shape index (κ3) is 7.30. The number of fused-ring (bicyclic) bond motifs is 3. The van der Waals surface area contributed by atoms with Crippen LogP contribution in [0.25, 0.3) is 32.2 Å². The third-order valence-corrected chi connectivity index (χ3v) is 10.5. The molecule has 3 aliphatic rings. The molecule has 2 N–H and O–H groups in total. The lowest BCUT2D eigenvalue weighted by atomic mass is 9.95. The number of nitrogens with two attached hydrogens (primary N) is 1. The average Bonchev–Trinajstić information content (AvgIpc) is 3.89. The first-order valence-electron chi connectivity index (χ1n) is 16.8. The minimum absolute atomic E-state index is 0.00953. The van der Waals surface area contributed by atoms with E-state index in [2.05, 4.69) is 26.4 Å². The number of rotatable bonds is 5. The number of ether oxygens (including phenoxy) is 1. The van der Waals surface area contributed by atoms with Crippen molar-refractivity contribution in [2.24, 2.45) is 0 Å². The summed E-state index contributed by atoms with van der Waals surface area (Å²) in [5.41, 5.74) is 2.64. The van der Waals surface area contributed by atoms with Gasteiger partial charge in [0.1, 0.15) is 23.3 Å². The quantitative estimate of drug-likeness (QED) is 0.165. The highest BCUT2D eigenvalue weighted by molar-refractivity contribution is 7.22. The summed E-state index contributed by atoms with van der Waals surface area (Å²) in [6.07, 6.45) is -0.531. The monoisotopic (exact) mass is 737 g/mol. The summed E-state index contributed by atoms with van der Waals surface area (Å²) in [4.78, 5) is 30.1. The second kappa shape index (κ2) is 15.2. The number of hydrogen-bond donors (Lipinski definition) is 1. The maximum Gasteiger partial charge on any atom is 0.417 e. The predicted octanol–water partition coefficient (Wildman–Crippen LogP) is 7.62. The number of alkyl halides is 4. The number of carbonyl (C=O) groups is 1. The number of nitrogen functional groups attached to an aromatic ring is 1. The van der Waals surface area contributed by atoms with Crippen molar-refractivity contribution in [2.75, 3.05) is 44.4 Å². The van der Waals surface area contributed by atoms with E-state index in [1.807, 2.05) is 13.8 Å². The number of amides is 1. The predicted molar refractivity (Wildman–Crippen MR) is 188 cm³/mol. The van der Waals surface area contributed by atoms with Gasteiger partial charge in [0.2, 0.25) is 5.91 Å². The molecule has 2 aromatic heterocycles. The van der Waals surface area contributed by atoms with Crippen molar-refractivity contribution in [1.29, 1.82) is 0 Å². The van der Waals surface area contributed by atoms with Crippen LogP contribution in [0.15, 0.2) is 30.9 Å². The minimum Gasteiger partial charge on any atom is -0.467 e. The minimum atomic E-state index is -5.02. The van der Waals surface area contributed by atoms with Crippen LogP contribution in [0.4, 0.5) is 37.3 Å². The zero-order valence-corrected chi connectivity index (χ0v) is 29.8. The van der Waals surface area contributed by atoms with Gasteiger partial charge in [0.25, 0.3) is 0 Å². The van der Waals surface area contributed by atoms with E-state index in [1.165, 1.54) is 26.0 Å². The second-order valence-electron chi connectivity index (χ2n) is 12.4. The summed E-state index contributed by atoms with van der Waals surface area (Å²) in [6, 6.07) is 2.38. The van der Waals surface area contributed by atoms with Gasteiger partial charge in [-0.15, -0.1) is 0 Å². The van der Waals surface area contributed by atoms with Crippen LogP contribution in [0.1, 0.15) is 52.0 Å². The Morgan fingerprint density at radius 1 is 1.14 bits per heavy atom. The molecule has 2 aromatic carbocycles. The smallest absolute Gasteiger partial charge is 0.417 e. The van der Waals surface area contributed by atoms with Gasteiger partial charge in [0.05, 0.1) is 28.9 Å². The molecule has 3 saturated heterocycles. The average molecular weight is 738 g/mol. The van der Waals surface area contributed by atoms with Crippen molar-refractivity contribution in [3.8, 4) is 17.1 Å². The number of halogens is 6.